The van der Waals surface area contributed by atoms with E-state index in [0.29, 0.717) is 28.5 Å². The van der Waals surface area contributed by atoms with Gasteiger partial charge in [0.25, 0.3) is 5.69 Å². The predicted molar refractivity (Wildman–Crippen MR) is 94.1 cm³/mol. The van der Waals surface area contributed by atoms with Crippen molar-refractivity contribution >= 4 is 28.7 Å². The summed E-state index contributed by atoms with van der Waals surface area (Å²) in [5, 5.41) is 14.7. The highest BCUT2D eigenvalue weighted by Gasteiger charge is 2.48. The lowest BCUT2D eigenvalue weighted by Crippen LogP contribution is -2.65. The number of hydrogen-bond acceptors (Lipinski definition) is 4. The Morgan fingerprint density at radius 3 is 2.76 bits per heavy atom. The maximum atomic E-state index is 13.2. The summed E-state index contributed by atoms with van der Waals surface area (Å²) < 4.78 is 19.4. The van der Waals surface area contributed by atoms with Crippen molar-refractivity contribution in [2.45, 2.75) is 25.1 Å². The van der Waals surface area contributed by atoms with Crippen molar-refractivity contribution in [1.29, 1.82) is 0 Å². The Morgan fingerprint density at radius 1 is 1.36 bits per heavy atom. The number of fused-ring (bicyclic) bond motifs is 4. The van der Waals surface area contributed by atoms with Crippen molar-refractivity contribution in [3.05, 3.63) is 64.0 Å². The fraction of sp³-hybridized carbons (Fsp3) is 0.235. The summed E-state index contributed by atoms with van der Waals surface area (Å²) in [6.45, 7) is 1.90. The van der Waals surface area contributed by atoms with E-state index in [9.17, 15) is 14.5 Å². The Hall–Kier alpha value is -2.74. The molecule has 0 spiro atoms. The van der Waals surface area contributed by atoms with Crippen molar-refractivity contribution in [3.8, 4) is 5.75 Å². The second-order valence-corrected chi connectivity index (χ2v) is 6.66. The topological polar surface area (TPSA) is 67.6 Å². The standard InChI is InChI=1S/C17H14FN3O3S/c1-17-9-14(13-8-12(21(22)23)6-7-15(13)24-17)19-16(25)20(17)11-4-2-10(18)3-5-11/h2-8,14H,9H2,1H3,(H,19,25)/t14-,17-/m1/s1. The van der Waals surface area contributed by atoms with Gasteiger partial charge in [-0.05, 0) is 49.5 Å². The number of nitrogens with one attached hydrogen (secondary N) is 1. The molecule has 2 aromatic carbocycles. The smallest absolute Gasteiger partial charge is 0.270 e. The monoisotopic (exact) mass is 359 g/mol. The van der Waals surface area contributed by atoms with Gasteiger partial charge in [0.1, 0.15) is 11.6 Å². The quantitative estimate of drug-likeness (QED) is 0.501. The zero-order valence-corrected chi connectivity index (χ0v) is 14.0. The average Bonchev–Trinajstić information content (AvgIpc) is 2.55. The molecule has 2 aliphatic heterocycles. The Labute approximate surface area is 148 Å². The summed E-state index contributed by atoms with van der Waals surface area (Å²) in [5.74, 6) is 0.247. The van der Waals surface area contributed by atoms with Crippen LogP contribution in [0.5, 0.6) is 5.75 Å². The molecular weight excluding hydrogens is 345 g/mol. The minimum Gasteiger partial charge on any atom is -0.467 e. The summed E-state index contributed by atoms with van der Waals surface area (Å²) in [6.07, 6.45) is 0.540. The van der Waals surface area contributed by atoms with Crippen LogP contribution >= 0.6 is 12.2 Å². The number of thiocarbonyl (C=S) groups is 1. The summed E-state index contributed by atoms with van der Waals surface area (Å²) >= 11 is 5.49. The summed E-state index contributed by atoms with van der Waals surface area (Å²) in [5.41, 5.74) is 0.672. The highest BCUT2D eigenvalue weighted by atomic mass is 32.1. The van der Waals surface area contributed by atoms with Gasteiger partial charge in [0.15, 0.2) is 10.8 Å². The number of rotatable bonds is 2. The summed E-state index contributed by atoms with van der Waals surface area (Å²) in [4.78, 5) is 12.4. The van der Waals surface area contributed by atoms with Gasteiger partial charge in [-0.3, -0.25) is 15.0 Å². The molecule has 6 nitrogen and oxygen atoms in total. The first-order valence-electron chi connectivity index (χ1n) is 7.71. The lowest BCUT2D eigenvalue weighted by Gasteiger charge is -2.52. The molecular formula is C17H14FN3O3S. The first kappa shape index (κ1) is 15.8. The maximum absolute atomic E-state index is 13.2. The minimum atomic E-state index is -0.770. The number of ether oxygens (including phenoxy) is 1. The average molecular weight is 359 g/mol. The lowest BCUT2D eigenvalue weighted by atomic mass is 9.90. The zero-order chi connectivity index (χ0) is 17.8. The normalized spacial score (nSPS) is 24.2. The number of anilines is 1. The molecule has 2 atom stereocenters. The van der Waals surface area contributed by atoms with E-state index in [1.165, 1.54) is 24.3 Å². The van der Waals surface area contributed by atoms with E-state index in [0.717, 1.165) is 0 Å². The van der Waals surface area contributed by atoms with E-state index in [1.807, 2.05) is 11.8 Å². The highest BCUT2D eigenvalue weighted by molar-refractivity contribution is 7.80. The van der Waals surface area contributed by atoms with Crippen molar-refractivity contribution in [2.75, 3.05) is 4.90 Å². The molecule has 0 aliphatic carbocycles. The van der Waals surface area contributed by atoms with Crippen LogP contribution in [0.15, 0.2) is 42.5 Å². The number of nitro groups is 1. The van der Waals surface area contributed by atoms with Crippen LogP contribution in [0, 0.1) is 15.9 Å². The Kier molecular flexibility index (Phi) is 3.40. The largest absolute Gasteiger partial charge is 0.467 e. The fourth-order valence-corrected chi connectivity index (χ4v) is 3.90. The van der Waals surface area contributed by atoms with Crippen molar-refractivity contribution in [1.82, 2.24) is 5.32 Å². The number of halogens is 1. The first-order chi connectivity index (χ1) is 11.9. The maximum Gasteiger partial charge on any atom is 0.270 e. The van der Waals surface area contributed by atoms with Crippen LogP contribution in [0.3, 0.4) is 0 Å². The van der Waals surface area contributed by atoms with Crippen LogP contribution in [0.2, 0.25) is 0 Å². The number of non-ortho nitro benzene ring substituents is 1. The molecule has 0 aromatic heterocycles. The van der Waals surface area contributed by atoms with E-state index >= 15 is 0 Å². The third-order valence-corrected chi connectivity index (χ3v) is 4.85. The predicted octanol–water partition coefficient (Wildman–Crippen LogP) is 3.67. The van der Waals surface area contributed by atoms with Crippen LogP contribution in [-0.4, -0.2) is 15.8 Å². The van der Waals surface area contributed by atoms with Crippen LogP contribution < -0.4 is 15.0 Å². The van der Waals surface area contributed by atoms with Gasteiger partial charge in [-0.2, -0.15) is 0 Å². The van der Waals surface area contributed by atoms with Crippen LogP contribution in [0.4, 0.5) is 15.8 Å². The van der Waals surface area contributed by atoms with Crippen LogP contribution in [-0.2, 0) is 0 Å². The van der Waals surface area contributed by atoms with Gasteiger partial charge in [-0.1, -0.05) is 0 Å². The number of hydrogen-bond donors (Lipinski definition) is 1. The summed E-state index contributed by atoms with van der Waals surface area (Å²) in [6, 6.07) is 10.4. The molecule has 0 saturated carbocycles. The van der Waals surface area contributed by atoms with Gasteiger partial charge >= 0.3 is 0 Å². The van der Waals surface area contributed by atoms with Gasteiger partial charge in [-0.25, -0.2) is 4.39 Å². The molecule has 0 unspecified atom stereocenters. The van der Waals surface area contributed by atoms with E-state index in [1.54, 1.807) is 18.2 Å². The molecule has 2 bridgehead atoms. The molecule has 0 radical (unpaired) electrons. The van der Waals surface area contributed by atoms with Gasteiger partial charge in [0.05, 0.1) is 11.0 Å². The van der Waals surface area contributed by atoms with E-state index in [-0.39, 0.29) is 17.5 Å². The molecule has 128 valence electrons. The van der Waals surface area contributed by atoms with Gasteiger partial charge in [-0.15, -0.1) is 0 Å². The second-order valence-electron chi connectivity index (χ2n) is 6.27. The molecule has 4 rings (SSSR count). The molecule has 8 heteroatoms. The van der Waals surface area contributed by atoms with Gasteiger partial charge < -0.3 is 10.1 Å². The third kappa shape index (κ3) is 2.49. The molecule has 2 heterocycles. The Bertz CT molecular complexity index is 889. The fourth-order valence-electron chi connectivity index (χ4n) is 3.46. The minimum absolute atomic E-state index is 0.0136. The molecule has 1 fully saturated rings. The molecule has 2 aromatic rings. The van der Waals surface area contributed by atoms with E-state index in [2.05, 4.69) is 5.32 Å². The number of benzene rings is 2. The van der Waals surface area contributed by atoms with Gasteiger partial charge in [0, 0.05) is 29.8 Å². The molecule has 2 aliphatic rings. The highest BCUT2D eigenvalue weighted by Crippen LogP contribution is 2.46. The number of nitro benzene ring substituents is 1. The van der Waals surface area contributed by atoms with Crippen molar-refractivity contribution < 1.29 is 14.1 Å². The molecule has 25 heavy (non-hydrogen) atoms. The van der Waals surface area contributed by atoms with Crippen molar-refractivity contribution in [3.63, 3.8) is 0 Å². The summed E-state index contributed by atoms with van der Waals surface area (Å²) in [7, 11) is 0. The Balaban J connectivity index is 1.77. The third-order valence-electron chi connectivity index (χ3n) is 4.55. The number of nitrogens with zero attached hydrogens (tertiary/aromatic N) is 2. The van der Waals surface area contributed by atoms with Crippen molar-refractivity contribution in [2.24, 2.45) is 0 Å². The Morgan fingerprint density at radius 2 is 2.08 bits per heavy atom. The van der Waals surface area contributed by atoms with Crippen LogP contribution in [0.25, 0.3) is 0 Å². The molecule has 0 amide bonds. The van der Waals surface area contributed by atoms with E-state index < -0.39 is 10.6 Å². The van der Waals surface area contributed by atoms with Gasteiger partial charge in [0.2, 0.25) is 0 Å². The zero-order valence-electron chi connectivity index (χ0n) is 13.2. The first-order valence-corrected chi connectivity index (χ1v) is 8.12. The molecule has 1 saturated heterocycles. The van der Waals surface area contributed by atoms with Crippen LogP contribution in [0.1, 0.15) is 24.9 Å². The lowest BCUT2D eigenvalue weighted by molar-refractivity contribution is -0.385. The molecule has 1 N–H and O–H groups in total. The van der Waals surface area contributed by atoms with E-state index in [4.69, 9.17) is 17.0 Å². The second kappa shape index (κ2) is 5.38. The SMILES string of the molecule is C[C@@]12C[C@@H](NC(=S)N1c1ccc(F)cc1)c1cc([N+](=O)[O-])ccc1O2.